The summed E-state index contributed by atoms with van der Waals surface area (Å²) < 4.78 is 1.86. The molecule has 0 saturated carbocycles. The van der Waals surface area contributed by atoms with E-state index in [1.165, 1.54) is 5.56 Å². The van der Waals surface area contributed by atoms with E-state index in [-0.39, 0.29) is 0 Å². The summed E-state index contributed by atoms with van der Waals surface area (Å²) >= 11 is 11.3. The van der Waals surface area contributed by atoms with Crippen molar-refractivity contribution in [3.05, 3.63) is 52.8 Å². The molecule has 6 heteroatoms. The van der Waals surface area contributed by atoms with Crippen LogP contribution >= 0.6 is 23.8 Å². The van der Waals surface area contributed by atoms with Gasteiger partial charge in [0.1, 0.15) is 0 Å². The largest absolute Gasteiger partial charge is 0.359 e. The molecule has 0 aliphatic carbocycles. The van der Waals surface area contributed by atoms with Crippen LogP contribution in [0.1, 0.15) is 18.2 Å². The van der Waals surface area contributed by atoms with Gasteiger partial charge in [0.05, 0.1) is 23.5 Å². The summed E-state index contributed by atoms with van der Waals surface area (Å²) in [5.74, 6) is 0. The maximum absolute atomic E-state index is 6.09. The lowest BCUT2D eigenvalue weighted by molar-refractivity contribution is 0.612. The van der Waals surface area contributed by atoms with Crippen molar-refractivity contribution in [1.29, 1.82) is 0 Å². The number of rotatable bonds is 5. The van der Waals surface area contributed by atoms with E-state index < -0.39 is 0 Å². The third-order valence-electron chi connectivity index (χ3n) is 2.91. The van der Waals surface area contributed by atoms with Crippen LogP contribution in [0.25, 0.3) is 0 Å². The smallest absolute Gasteiger partial charge is 0.166 e. The summed E-state index contributed by atoms with van der Waals surface area (Å²) in [5.41, 5.74) is 2.13. The predicted molar refractivity (Wildman–Crippen MR) is 85.6 cm³/mol. The van der Waals surface area contributed by atoms with Crippen molar-refractivity contribution in [2.75, 3.05) is 0 Å². The molecule has 0 amide bonds. The highest BCUT2D eigenvalue weighted by Crippen LogP contribution is 2.14. The lowest BCUT2D eigenvalue weighted by Gasteiger charge is -2.11. The number of halogens is 1. The van der Waals surface area contributed by atoms with Crippen LogP contribution in [0.5, 0.6) is 0 Å². The fraction of sp³-hybridized carbons (Fsp3) is 0.286. The zero-order valence-electron chi connectivity index (χ0n) is 11.3. The summed E-state index contributed by atoms with van der Waals surface area (Å²) in [6.07, 6.45) is 1.66. The van der Waals surface area contributed by atoms with Gasteiger partial charge < -0.3 is 10.6 Å². The van der Waals surface area contributed by atoms with Crippen LogP contribution in [0, 0.1) is 0 Å². The molecule has 0 spiro atoms. The Kier molecular flexibility index (Phi) is 5.38. The molecule has 106 valence electrons. The van der Waals surface area contributed by atoms with E-state index in [1.807, 2.05) is 29.8 Å². The second-order valence-corrected chi connectivity index (χ2v) is 5.09. The van der Waals surface area contributed by atoms with Crippen LogP contribution < -0.4 is 10.6 Å². The van der Waals surface area contributed by atoms with E-state index >= 15 is 0 Å². The molecule has 0 unspecified atom stereocenters. The molecule has 0 aliphatic rings. The van der Waals surface area contributed by atoms with Crippen LogP contribution in [0.15, 0.2) is 36.5 Å². The highest BCUT2D eigenvalue weighted by Gasteiger charge is 2.08. The fourth-order valence-corrected chi connectivity index (χ4v) is 2.19. The minimum Gasteiger partial charge on any atom is -0.359 e. The van der Waals surface area contributed by atoms with E-state index in [1.54, 1.807) is 6.20 Å². The molecule has 0 fully saturated rings. The van der Waals surface area contributed by atoms with Crippen molar-refractivity contribution >= 4 is 28.9 Å². The maximum atomic E-state index is 6.09. The fourth-order valence-electron chi connectivity index (χ4n) is 1.84. The normalized spacial score (nSPS) is 10.3. The zero-order valence-corrected chi connectivity index (χ0v) is 12.8. The first kappa shape index (κ1) is 14.8. The molecule has 2 rings (SSSR count). The molecule has 20 heavy (non-hydrogen) atoms. The minimum atomic E-state index is 0.563. The van der Waals surface area contributed by atoms with Gasteiger partial charge in [-0.2, -0.15) is 5.10 Å². The Morgan fingerprint density at radius 3 is 2.65 bits per heavy atom. The van der Waals surface area contributed by atoms with Gasteiger partial charge in [0, 0.05) is 13.1 Å². The number of aromatic nitrogens is 2. The molecule has 1 aromatic carbocycles. The van der Waals surface area contributed by atoms with Gasteiger partial charge in [-0.15, -0.1) is 0 Å². The number of benzene rings is 1. The Bertz CT molecular complexity index is 568. The average molecular weight is 309 g/mol. The lowest BCUT2D eigenvalue weighted by atomic mass is 10.2. The molecule has 0 aliphatic heterocycles. The highest BCUT2D eigenvalue weighted by atomic mass is 35.5. The van der Waals surface area contributed by atoms with Crippen LogP contribution in [0.2, 0.25) is 5.02 Å². The van der Waals surface area contributed by atoms with Gasteiger partial charge in [-0.3, -0.25) is 4.68 Å². The van der Waals surface area contributed by atoms with Crippen molar-refractivity contribution in [3.63, 3.8) is 0 Å². The molecular weight excluding hydrogens is 292 g/mol. The predicted octanol–water partition coefficient (Wildman–Crippen LogP) is 2.72. The third kappa shape index (κ3) is 3.95. The first-order valence-electron chi connectivity index (χ1n) is 6.46. The van der Waals surface area contributed by atoms with Gasteiger partial charge in [-0.05, 0) is 24.7 Å². The molecule has 2 aromatic rings. The monoisotopic (exact) mass is 308 g/mol. The van der Waals surface area contributed by atoms with Crippen molar-refractivity contribution in [1.82, 2.24) is 20.4 Å². The summed E-state index contributed by atoms with van der Waals surface area (Å²) in [6.45, 7) is 4.08. The summed E-state index contributed by atoms with van der Waals surface area (Å²) in [4.78, 5) is 0. The summed E-state index contributed by atoms with van der Waals surface area (Å²) in [7, 11) is 0. The lowest BCUT2D eigenvalue weighted by Crippen LogP contribution is -2.34. The standard InChI is InChI=1S/C14H17ClN4S/c1-2-19-13(12(15)9-18-19)10-17-14(20)16-8-11-6-4-3-5-7-11/h3-7,9H,2,8,10H2,1H3,(H2,16,17,20). The maximum Gasteiger partial charge on any atom is 0.166 e. The summed E-state index contributed by atoms with van der Waals surface area (Å²) in [6, 6.07) is 10.1. The average Bonchev–Trinajstić information content (AvgIpc) is 2.84. The van der Waals surface area contributed by atoms with Crippen molar-refractivity contribution in [2.24, 2.45) is 0 Å². The Labute approximate surface area is 129 Å². The van der Waals surface area contributed by atoms with E-state index in [2.05, 4.69) is 27.9 Å². The van der Waals surface area contributed by atoms with Crippen LogP contribution in [-0.2, 0) is 19.6 Å². The quantitative estimate of drug-likeness (QED) is 0.834. The van der Waals surface area contributed by atoms with E-state index in [0.29, 0.717) is 23.2 Å². The number of aryl methyl sites for hydroxylation is 1. The number of nitrogens with zero attached hydrogens (tertiary/aromatic N) is 2. The highest BCUT2D eigenvalue weighted by molar-refractivity contribution is 7.80. The summed E-state index contributed by atoms with van der Waals surface area (Å²) in [5, 5.41) is 11.8. The molecular formula is C14H17ClN4S. The second-order valence-electron chi connectivity index (χ2n) is 4.28. The van der Waals surface area contributed by atoms with Gasteiger partial charge in [0.15, 0.2) is 5.11 Å². The Morgan fingerprint density at radius 2 is 1.95 bits per heavy atom. The van der Waals surface area contributed by atoms with Crippen molar-refractivity contribution in [2.45, 2.75) is 26.6 Å². The topological polar surface area (TPSA) is 41.9 Å². The molecule has 1 aromatic heterocycles. The number of hydrogen-bond donors (Lipinski definition) is 2. The molecule has 0 saturated heterocycles. The SMILES string of the molecule is CCn1ncc(Cl)c1CNC(=S)NCc1ccccc1. The third-order valence-corrected chi connectivity index (χ3v) is 3.51. The number of nitrogens with one attached hydrogen (secondary N) is 2. The number of thiocarbonyl (C=S) groups is 1. The van der Waals surface area contributed by atoms with E-state index in [9.17, 15) is 0 Å². The van der Waals surface area contributed by atoms with Gasteiger partial charge in [-0.1, -0.05) is 41.9 Å². The van der Waals surface area contributed by atoms with E-state index in [0.717, 1.165) is 12.2 Å². The second kappa shape index (κ2) is 7.26. The molecule has 0 bridgehead atoms. The van der Waals surface area contributed by atoms with Gasteiger partial charge in [0.25, 0.3) is 0 Å². The first-order chi connectivity index (χ1) is 9.70. The van der Waals surface area contributed by atoms with Crippen LogP contribution in [0.3, 0.4) is 0 Å². The van der Waals surface area contributed by atoms with Crippen LogP contribution in [0.4, 0.5) is 0 Å². The molecule has 0 atom stereocenters. The first-order valence-corrected chi connectivity index (χ1v) is 7.25. The van der Waals surface area contributed by atoms with Crippen molar-refractivity contribution < 1.29 is 0 Å². The van der Waals surface area contributed by atoms with Gasteiger partial charge in [-0.25, -0.2) is 0 Å². The molecule has 1 heterocycles. The Hall–Kier alpha value is -1.59. The molecule has 4 nitrogen and oxygen atoms in total. The van der Waals surface area contributed by atoms with Gasteiger partial charge in [0.2, 0.25) is 0 Å². The van der Waals surface area contributed by atoms with E-state index in [4.69, 9.17) is 23.8 Å². The molecule has 0 radical (unpaired) electrons. The minimum absolute atomic E-state index is 0.563. The Balaban J connectivity index is 1.82. The van der Waals surface area contributed by atoms with Crippen molar-refractivity contribution in [3.8, 4) is 0 Å². The van der Waals surface area contributed by atoms with Crippen LogP contribution in [-0.4, -0.2) is 14.9 Å². The molecule has 2 N–H and O–H groups in total. The zero-order chi connectivity index (χ0) is 14.4. The van der Waals surface area contributed by atoms with Gasteiger partial charge >= 0.3 is 0 Å². The number of hydrogen-bond acceptors (Lipinski definition) is 2. The Morgan fingerprint density at radius 1 is 1.25 bits per heavy atom.